The molecule has 3 amide bonds. The summed E-state index contributed by atoms with van der Waals surface area (Å²) in [5, 5.41) is 3.84. The molecule has 228 valence electrons. The van der Waals surface area contributed by atoms with Gasteiger partial charge in [0.2, 0.25) is 11.9 Å². The van der Waals surface area contributed by atoms with Gasteiger partial charge in [-0.2, -0.15) is 0 Å². The third-order valence-corrected chi connectivity index (χ3v) is 7.76. The van der Waals surface area contributed by atoms with Crippen LogP contribution < -0.4 is 16.1 Å². The van der Waals surface area contributed by atoms with E-state index in [4.69, 9.17) is 18.9 Å². The summed E-state index contributed by atoms with van der Waals surface area (Å²) in [6.07, 6.45) is 0. The highest BCUT2D eigenvalue weighted by Gasteiger charge is 2.67. The van der Waals surface area contributed by atoms with E-state index in [0.29, 0.717) is 11.4 Å². The van der Waals surface area contributed by atoms with Crippen LogP contribution in [-0.2, 0) is 47.7 Å². The van der Waals surface area contributed by atoms with Gasteiger partial charge in [-0.05, 0) is 20.8 Å². The Labute approximate surface area is 244 Å². The highest BCUT2D eigenvalue weighted by atomic mass is 32.2. The maximum absolute atomic E-state index is 13.7. The fourth-order valence-corrected chi connectivity index (χ4v) is 6.00. The van der Waals surface area contributed by atoms with Crippen LogP contribution in [0.2, 0.25) is 0 Å². The molecule has 42 heavy (non-hydrogen) atoms. The van der Waals surface area contributed by atoms with E-state index in [9.17, 15) is 33.6 Å². The van der Waals surface area contributed by atoms with Gasteiger partial charge in [0.15, 0.2) is 12.2 Å². The van der Waals surface area contributed by atoms with E-state index in [2.05, 4.69) is 10.6 Å². The van der Waals surface area contributed by atoms with Crippen LogP contribution in [0.3, 0.4) is 0 Å². The van der Waals surface area contributed by atoms with Crippen LogP contribution >= 0.6 is 11.8 Å². The summed E-state index contributed by atoms with van der Waals surface area (Å²) in [6.45, 7) is 6.22. The quantitative estimate of drug-likeness (QED) is 0.107. The van der Waals surface area contributed by atoms with Crippen LogP contribution in [0, 0.1) is 13.8 Å². The summed E-state index contributed by atoms with van der Waals surface area (Å²) in [5.74, 6) is -4.73. The zero-order valence-electron chi connectivity index (χ0n) is 23.9. The topological polar surface area (TPSA) is 189 Å². The van der Waals surface area contributed by atoms with Gasteiger partial charge in [0, 0.05) is 55.8 Å². The van der Waals surface area contributed by atoms with Gasteiger partial charge >= 0.3 is 17.9 Å². The van der Waals surface area contributed by atoms with E-state index in [1.54, 1.807) is 20.8 Å². The number of fused-ring (bicyclic) bond motifs is 1. The normalized spacial score (nSPS) is 20.1. The number of aromatic nitrogens is 1. The van der Waals surface area contributed by atoms with Crippen molar-refractivity contribution in [1.29, 1.82) is 0 Å². The molecule has 3 heterocycles. The maximum Gasteiger partial charge on any atom is 0.356 e. The Morgan fingerprint density at radius 1 is 1.07 bits per heavy atom. The standard InChI is InChI=1S/C26H32N4O11S/c1-7-39-23(36)20(29-13(2)8-18(33)9-14(29)3)21(34)28-26(38-6)24(37)30-19(22(35)41-12-27-15(4)31)17(10-40-16(5)32)11-42-25(26)30/h8-9,20,25H,7,10-12H2,1-6H3,(H,27,31)(H,28,34)/t20?,25-,26+/m1/s1. The molecule has 0 aromatic carbocycles. The van der Waals surface area contributed by atoms with Gasteiger partial charge in [0.25, 0.3) is 17.5 Å². The minimum atomic E-state index is -2.01. The average Bonchev–Trinajstić information content (AvgIpc) is 2.91. The second-order valence-electron chi connectivity index (χ2n) is 9.31. The molecule has 2 aliphatic rings. The first kappa shape index (κ1) is 32.3. The number of nitrogens with one attached hydrogen (secondary N) is 2. The van der Waals surface area contributed by atoms with Crippen LogP contribution in [0.1, 0.15) is 38.2 Å². The zero-order valence-corrected chi connectivity index (χ0v) is 24.7. The van der Waals surface area contributed by atoms with Crippen molar-refractivity contribution < 1.29 is 47.7 Å². The van der Waals surface area contributed by atoms with E-state index in [1.165, 1.54) is 37.7 Å². The molecule has 0 aliphatic carbocycles. The van der Waals surface area contributed by atoms with E-state index in [-0.39, 0.29) is 35.7 Å². The first-order valence-electron chi connectivity index (χ1n) is 12.7. The molecule has 0 spiro atoms. The Bertz CT molecular complexity index is 1380. The van der Waals surface area contributed by atoms with Gasteiger partial charge in [-0.1, -0.05) is 0 Å². The Morgan fingerprint density at radius 3 is 2.26 bits per heavy atom. The van der Waals surface area contributed by atoms with E-state index in [0.717, 1.165) is 16.7 Å². The molecular formula is C26H32N4O11S. The van der Waals surface area contributed by atoms with Crippen LogP contribution in [0.5, 0.6) is 0 Å². The molecule has 2 N–H and O–H groups in total. The van der Waals surface area contributed by atoms with Gasteiger partial charge in [0.1, 0.15) is 17.7 Å². The van der Waals surface area contributed by atoms with Gasteiger partial charge in [-0.15, -0.1) is 11.8 Å². The van der Waals surface area contributed by atoms with Crippen molar-refractivity contribution >= 4 is 47.4 Å². The number of thioether (sulfide) groups is 1. The molecule has 1 fully saturated rings. The number of aryl methyl sites for hydroxylation is 2. The fraction of sp³-hybridized carbons (Fsp3) is 0.500. The van der Waals surface area contributed by atoms with Gasteiger partial charge in [0.05, 0.1) is 6.61 Å². The summed E-state index contributed by atoms with van der Waals surface area (Å²) in [4.78, 5) is 89.2. The van der Waals surface area contributed by atoms with Gasteiger partial charge in [-0.3, -0.25) is 28.9 Å². The van der Waals surface area contributed by atoms with Crippen LogP contribution in [-0.4, -0.2) is 89.0 Å². The molecule has 1 aromatic rings. The summed E-state index contributed by atoms with van der Waals surface area (Å²) < 4.78 is 22.1. The Balaban J connectivity index is 1.98. The number of amides is 3. The Kier molecular flexibility index (Phi) is 10.2. The summed E-state index contributed by atoms with van der Waals surface area (Å²) in [7, 11) is 1.18. The minimum absolute atomic E-state index is 0.0403. The second kappa shape index (κ2) is 13.2. The van der Waals surface area contributed by atoms with Crippen LogP contribution in [0.15, 0.2) is 28.2 Å². The molecule has 16 heteroatoms. The largest absolute Gasteiger partial charge is 0.464 e. The minimum Gasteiger partial charge on any atom is -0.464 e. The van der Waals surface area contributed by atoms with Gasteiger partial charge < -0.3 is 34.1 Å². The van der Waals surface area contributed by atoms with Crippen molar-refractivity contribution in [2.24, 2.45) is 0 Å². The number of hydrogen-bond acceptors (Lipinski definition) is 12. The molecule has 1 unspecified atom stereocenters. The molecule has 15 nitrogen and oxygen atoms in total. The van der Waals surface area contributed by atoms with Crippen molar-refractivity contribution in [3.8, 4) is 0 Å². The lowest BCUT2D eigenvalue weighted by Crippen LogP contribution is -2.81. The molecule has 0 saturated carbocycles. The highest BCUT2D eigenvalue weighted by molar-refractivity contribution is 8.00. The number of β-lactam (4-membered cyclic amide) rings is 1. The van der Waals surface area contributed by atoms with Crippen LogP contribution in [0.4, 0.5) is 0 Å². The number of carbonyl (C=O) groups excluding carboxylic acids is 6. The number of ether oxygens (including phenoxy) is 4. The third kappa shape index (κ3) is 6.33. The number of pyridine rings is 1. The fourth-order valence-electron chi connectivity index (χ4n) is 4.58. The summed E-state index contributed by atoms with van der Waals surface area (Å²) in [6, 6.07) is 0.880. The third-order valence-electron chi connectivity index (χ3n) is 6.39. The van der Waals surface area contributed by atoms with Crippen LogP contribution in [0.25, 0.3) is 0 Å². The molecule has 3 rings (SSSR count). The van der Waals surface area contributed by atoms with Crippen molar-refractivity contribution in [3.05, 3.63) is 45.0 Å². The monoisotopic (exact) mass is 608 g/mol. The maximum atomic E-state index is 13.7. The predicted octanol–water partition coefficient (Wildman–Crippen LogP) is -0.603. The lowest BCUT2D eigenvalue weighted by Gasteiger charge is -2.56. The lowest BCUT2D eigenvalue weighted by atomic mass is 9.97. The number of rotatable bonds is 11. The zero-order chi connectivity index (χ0) is 31.4. The molecule has 0 bridgehead atoms. The first-order chi connectivity index (χ1) is 19.8. The molecule has 1 saturated heterocycles. The average molecular weight is 609 g/mol. The smallest absolute Gasteiger partial charge is 0.356 e. The second-order valence-corrected chi connectivity index (χ2v) is 10.4. The van der Waals surface area contributed by atoms with Crippen molar-refractivity contribution in [2.75, 3.05) is 32.8 Å². The molecule has 0 radical (unpaired) electrons. The highest BCUT2D eigenvalue weighted by Crippen LogP contribution is 2.47. The van der Waals surface area contributed by atoms with Crippen molar-refractivity contribution in [3.63, 3.8) is 0 Å². The molecule has 3 atom stereocenters. The Morgan fingerprint density at radius 2 is 1.71 bits per heavy atom. The van der Waals surface area contributed by atoms with E-state index < -0.39 is 59.5 Å². The number of hydrogen-bond donors (Lipinski definition) is 2. The lowest BCUT2D eigenvalue weighted by molar-refractivity contribution is -0.194. The predicted molar refractivity (Wildman–Crippen MR) is 145 cm³/mol. The van der Waals surface area contributed by atoms with Crippen molar-refractivity contribution in [1.82, 2.24) is 20.1 Å². The Hall–Kier alpha value is -4.18. The van der Waals surface area contributed by atoms with E-state index in [1.807, 2.05) is 0 Å². The summed E-state index contributed by atoms with van der Waals surface area (Å²) in [5.41, 5.74) is -1.70. The molecular weight excluding hydrogens is 576 g/mol. The number of esters is 3. The SMILES string of the molecule is CCOC(=O)C(C(=O)N[C@]1(OC)C(=O)N2C(C(=O)OCNC(C)=O)=C(COC(C)=O)CS[C@@H]21)n1c(C)cc(=O)cc1C. The molecule has 1 aromatic heterocycles. The van der Waals surface area contributed by atoms with Crippen molar-refractivity contribution in [2.45, 2.75) is 51.8 Å². The number of methoxy groups -OCH3 is 1. The van der Waals surface area contributed by atoms with Gasteiger partial charge in [-0.25, -0.2) is 9.59 Å². The number of nitrogens with zero attached hydrogens (tertiary/aromatic N) is 2. The summed E-state index contributed by atoms with van der Waals surface area (Å²) >= 11 is 1.11. The first-order valence-corrected chi connectivity index (χ1v) is 13.8. The molecule has 2 aliphatic heterocycles. The number of carbonyl (C=O) groups is 6. The van der Waals surface area contributed by atoms with E-state index >= 15 is 0 Å².